The minimum Gasteiger partial charge on any atom is -0.494 e. The van der Waals surface area contributed by atoms with Gasteiger partial charge in [0, 0.05) is 26.2 Å². The third-order valence-corrected chi connectivity index (χ3v) is 6.28. The molecule has 2 atom stereocenters. The van der Waals surface area contributed by atoms with Crippen molar-refractivity contribution in [1.29, 1.82) is 0 Å². The van der Waals surface area contributed by atoms with E-state index in [0.29, 0.717) is 15.7 Å². The first kappa shape index (κ1) is 23.0. The van der Waals surface area contributed by atoms with E-state index < -0.39 is 11.9 Å². The van der Waals surface area contributed by atoms with Crippen LogP contribution < -0.4 is 15.0 Å². The van der Waals surface area contributed by atoms with E-state index in [4.69, 9.17) is 9.47 Å². The molecule has 0 amide bonds. The minimum absolute atomic E-state index is 0.0620. The number of ketones is 1. The van der Waals surface area contributed by atoms with Crippen LogP contribution in [0.3, 0.4) is 0 Å². The number of carbonyl (C=O) groups excluding carboxylic acids is 1. The number of rotatable bonds is 9. The second kappa shape index (κ2) is 10.2. The number of Topliss-reactive ketones (excluding diaryl/α,β-unsaturated/α-hetero) is 1. The van der Waals surface area contributed by atoms with Gasteiger partial charge in [0.05, 0.1) is 19.2 Å². The fourth-order valence-electron chi connectivity index (χ4n) is 3.74. The summed E-state index contributed by atoms with van der Waals surface area (Å²) < 4.78 is 24.1. The maximum Gasteiger partial charge on any atom is 0.205 e. The largest absolute Gasteiger partial charge is 0.494 e. The Hall–Kier alpha value is -3.18. The highest BCUT2D eigenvalue weighted by molar-refractivity contribution is 7.15. The third kappa shape index (κ3) is 5.42. The zero-order chi connectivity index (χ0) is 23.4. The molecule has 1 aliphatic heterocycles. The van der Waals surface area contributed by atoms with E-state index in [0.717, 1.165) is 31.0 Å². The number of nitrogens with one attached hydrogen (secondary N) is 1. The van der Waals surface area contributed by atoms with Crippen LogP contribution in [0.15, 0.2) is 30.3 Å². The fraction of sp³-hybridized carbons (Fsp3) is 0.409. The average Bonchev–Trinajstić information content (AvgIpc) is 3.45. The number of ether oxygens (including phenoxy) is 2. The van der Waals surface area contributed by atoms with Crippen molar-refractivity contribution in [3.05, 3.63) is 52.4 Å². The summed E-state index contributed by atoms with van der Waals surface area (Å²) in [6, 6.07) is 8.37. The highest BCUT2D eigenvalue weighted by Gasteiger charge is 2.26. The lowest BCUT2D eigenvalue weighted by Crippen LogP contribution is -2.26. The van der Waals surface area contributed by atoms with Crippen molar-refractivity contribution in [3.8, 4) is 5.75 Å². The van der Waals surface area contributed by atoms with E-state index in [1.54, 1.807) is 0 Å². The van der Waals surface area contributed by atoms with Gasteiger partial charge in [-0.1, -0.05) is 17.4 Å². The highest BCUT2D eigenvalue weighted by atomic mass is 32.1. The van der Waals surface area contributed by atoms with Crippen molar-refractivity contribution in [3.63, 3.8) is 0 Å². The van der Waals surface area contributed by atoms with Crippen molar-refractivity contribution in [2.75, 3.05) is 37.5 Å². The number of hydrogen-bond acceptors (Lipinski definition) is 10. The zero-order valence-corrected chi connectivity index (χ0v) is 19.4. The first-order valence-corrected chi connectivity index (χ1v) is 11.3. The molecule has 174 valence electrons. The van der Waals surface area contributed by atoms with Gasteiger partial charge < -0.3 is 19.7 Å². The molecule has 0 bridgehead atoms. The summed E-state index contributed by atoms with van der Waals surface area (Å²) in [6.07, 6.45) is 0.147. The Morgan fingerprint density at radius 3 is 2.82 bits per heavy atom. The molecule has 3 heterocycles. The van der Waals surface area contributed by atoms with Gasteiger partial charge in [-0.3, -0.25) is 4.79 Å². The average molecular weight is 473 g/mol. The van der Waals surface area contributed by atoms with Crippen molar-refractivity contribution in [1.82, 2.24) is 20.4 Å². The Kier molecular flexibility index (Phi) is 7.09. The predicted molar refractivity (Wildman–Crippen MR) is 122 cm³/mol. The molecule has 9 nitrogen and oxygen atoms in total. The zero-order valence-electron chi connectivity index (χ0n) is 18.6. The molecule has 0 unspecified atom stereocenters. The van der Waals surface area contributed by atoms with Crippen LogP contribution in [0.4, 0.5) is 15.3 Å². The van der Waals surface area contributed by atoms with Crippen LogP contribution in [0.2, 0.25) is 0 Å². The highest BCUT2D eigenvalue weighted by Crippen LogP contribution is 2.27. The second-order valence-corrected chi connectivity index (χ2v) is 8.82. The SMILES string of the molecule is COc1cc([C@@H](OC)C(=O)Cc2nnc(N[C@@H]3CCN(c4ccc(C)nn4)C3)s2)ccc1F. The molecule has 1 aromatic carbocycles. The molecule has 1 aliphatic rings. The topological polar surface area (TPSA) is 102 Å². The molecule has 4 rings (SSSR count). The molecule has 0 aliphatic carbocycles. The van der Waals surface area contributed by atoms with Gasteiger partial charge in [-0.25, -0.2) is 4.39 Å². The van der Waals surface area contributed by atoms with Crippen molar-refractivity contribution in [2.24, 2.45) is 0 Å². The van der Waals surface area contributed by atoms with E-state index in [2.05, 4.69) is 30.6 Å². The lowest BCUT2D eigenvalue weighted by atomic mass is 10.0. The molecule has 3 aromatic rings. The summed E-state index contributed by atoms with van der Waals surface area (Å²) in [5, 5.41) is 21.4. The normalized spacial score (nSPS) is 16.6. The molecule has 0 saturated carbocycles. The monoisotopic (exact) mass is 472 g/mol. The number of anilines is 2. The van der Waals surface area contributed by atoms with Crippen LogP contribution in [-0.2, 0) is 16.0 Å². The predicted octanol–water partition coefficient (Wildman–Crippen LogP) is 2.97. The number of halogens is 1. The van der Waals surface area contributed by atoms with Crippen LogP contribution in [0, 0.1) is 12.7 Å². The van der Waals surface area contributed by atoms with Crippen LogP contribution in [0.1, 0.15) is 28.8 Å². The van der Waals surface area contributed by atoms with Crippen LogP contribution in [-0.4, -0.2) is 59.5 Å². The molecule has 0 spiro atoms. The summed E-state index contributed by atoms with van der Waals surface area (Å²) in [7, 11) is 2.81. The molecule has 1 N–H and O–H groups in total. The summed E-state index contributed by atoms with van der Waals surface area (Å²) in [5.41, 5.74) is 1.41. The molecular weight excluding hydrogens is 447 g/mol. The molecule has 33 heavy (non-hydrogen) atoms. The summed E-state index contributed by atoms with van der Waals surface area (Å²) in [4.78, 5) is 15.0. The molecule has 1 saturated heterocycles. The molecule has 11 heteroatoms. The van der Waals surface area contributed by atoms with E-state index >= 15 is 0 Å². The first-order chi connectivity index (χ1) is 16.0. The Labute approximate surface area is 195 Å². The van der Waals surface area contributed by atoms with Crippen LogP contribution in [0.5, 0.6) is 5.75 Å². The van der Waals surface area contributed by atoms with Gasteiger partial charge in [-0.15, -0.1) is 15.3 Å². The van der Waals surface area contributed by atoms with Gasteiger partial charge in [0.15, 0.2) is 23.2 Å². The Morgan fingerprint density at radius 1 is 1.24 bits per heavy atom. The molecule has 0 radical (unpaired) electrons. The smallest absolute Gasteiger partial charge is 0.205 e. The molecular formula is C22H25FN6O3S. The Balaban J connectivity index is 1.35. The maximum atomic E-state index is 13.7. The Morgan fingerprint density at radius 2 is 2.09 bits per heavy atom. The number of carbonyl (C=O) groups is 1. The Bertz CT molecular complexity index is 1110. The summed E-state index contributed by atoms with van der Waals surface area (Å²) in [5.74, 6) is 0.227. The van der Waals surface area contributed by atoms with Crippen molar-refractivity contribution in [2.45, 2.75) is 31.9 Å². The van der Waals surface area contributed by atoms with Gasteiger partial charge in [0.25, 0.3) is 0 Å². The maximum absolute atomic E-state index is 13.7. The number of nitrogens with zero attached hydrogens (tertiary/aromatic N) is 5. The van der Waals surface area contributed by atoms with Gasteiger partial charge >= 0.3 is 0 Å². The second-order valence-electron chi connectivity index (χ2n) is 7.76. The number of methoxy groups -OCH3 is 2. The molecule has 1 fully saturated rings. The lowest BCUT2D eigenvalue weighted by molar-refractivity contribution is -0.128. The fourth-order valence-corrected chi connectivity index (χ4v) is 4.57. The first-order valence-electron chi connectivity index (χ1n) is 10.5. The number of aromatic nitrogens is 4. The van der Waals surface area contributed by atoms with Gasteiger partial charge in [0.2, 0.25) is 5.13 Å². The standard InChI is InChI=1S/C22H25FN6O3S/c1-13-4-7-19(26-25-13)29-9-8-15(12-29)24-22-28-27-20(33-22)11-17(30)21(32-3)14-5-6-16(23)18(10-14)31-2/h4-7,10,15,21H,8-9,11-12H2,1-3H3,(H,24,28)/t15-,21-/m1/s1. The molecule has 2 aromatic heterocycles. The van der Waals surface area contributed by atoms with Crippen LogP contribution >= 0.6 is 11.3 Å². The van der Waals surface area contributed by atoms with E-state index in [1.165, 1.54) is 43.8 Å². The van der Waals surface area contributed by atoms with Gasteiger partial charge in [0.1, 0.15) is 11.1 Å². The van der Waals surface area contributed by atoms with Crippen molar-refractivity contribution < 1.29 is 18.7 Å². The third-order valence-electron chi connectivity index (χ3n) is 5.42. The quantitative estimate of drug-likeness (QED) is 0.503. The minimum atomic E-state index is -0.848. The van der Waals surface area contributed by atoms with E-state index in [-0.39, 0.29) is 24.0 Å². The summed E-state index contributed by atoms with van der Waals surface area (Å²) in [6.45, 7) is 3.56. The van der Waals surface area contributed by atoms with Crippen LogP contribution in [0.25, 0.3) is 0 Å². The number of aryl methyl sites for hydroxylation is 1. The lowest BCUT2D eigenvalue weighted by Gasteiger charge is -2.17. The number of hydrogen-bond donors (Lipinski definition) is 1. The van der Waals surface area contributed by atoms with Gasteiger partial charge in [-0.05, 0) is 43.2 Å². The van der Waals surface area contributed by atoms with E-state index in [9.17, 15) is 9.18 Å². The number of benzene rings is 1. The van der Waals surface area contributed by atoms with Gasteiger partial charge in [-0.2, -0.15) is 5.10 Å². The van der Waals surface area contributed by atoms with E-state index in [1.807, 2.05) is 19.1 Å². The summed E-state index contributed by atoms with van der Waals surface area (Å²) >= 11 is 1.34. The van der Waals surface area contributed by atoms with Crippen molar-refractivity contribution >= 4 is 28.1 Å².